The van der Waals surface area contributed by atoms with Gasteiger partial charge in [-0.1, -0.05) is 5.16 Å². The lowest BCUT2D eigenvalue weighted by Gasteiger charge is -2.23. The zero-order valence-corrected chi connectivity index (χ0v) is 18.1. The molecule has 0 bridgehead atoms. The fourth-order valence-electron chi connectivity index (χ4n) is 3.92. The first-order valence-corrected chi connectivity index (χ1v) is 10.1. The summed E-state index contributed by atoms with van der Waals surface area (Å²) < 4.78 is 43.2. The van der Waals surface area contributed by atoms with E-state index < -0.39 is 12.1 Å². The highest BCUT2D eigenvalue weighted by Gasteiger charge is 2.45. The molecule has 4 rings (SSSR count). The number of aromatic nitrogens is 3. The largest absolute Gasteiger partial charge is 0.490 e. The number of rotatable bonds is 4. The van der Waals surface area contributed by atoms with Gasteiger partial charge in [0.2, 0.25) is 0 Å². The highest BCUT2D eigenvalue weighted by Crippen LogP contribution is 2.36. The van der Waals surface area contributed by atoms with Gasteiger partial charge in [0.25, 0.3) is 0 Å². The number of nitrogens with one attached hydrogen (secondary N) is 1. The fraction of sp³-hybridized carbons (Fsp3) is 0.600. The average Bonchev–Trinajstić information content (AvgIpc) is 3.39. The van der Waals surface area contributed by atoms with Gasteiger partial charge in [-0.05, 0) is 39.3 Å². The van der Waals surface area contributed by atoms with Crippen molar-refractivity contribution in [1.82, 2.24) is 20.3 Å². The van der Waals surface area contributed by atoms with Crippen molar-refractivity contribution in [3.63, 3.8) is 0 Å². The normalized spacial score (nSPS) is 23.2. The van der Waals surface area contributed by atoms with Gasteiger partial charge in [0.15, 0.2) is 0 Å². The van der Waals surface area contributed by atoms with Crippen LogP contribution in [0.5, 0.6) is 0 Å². The molecule has 32 heavy (non-hydrogen) atoms. The molecule has 0 amide bonds. The van der Waals surface area contributed by atoms with Crippen LogP contribution in [0.25, 0.3) is 0 Å². The van der Waals surface area contributed by atoms with Gasteiger partial charge in [-0.25, -0.2) is 4.79 Å². The fourth-order valence-corrected chi connectivity index (χ4v) is 3.92. The third kappa shape index (κ3) is 5.94. The Kier molecular flexibility index (Phi) is 7.03. The summed E-state index contributed by atoms with van der Waals surface area (Å²) in [5, 5.41) is 22.9. The Morgan fingerprint density at radius 3 is 2.59 bits per heavy atom. The Balaban J connectivity index is 0.000000360. The van der Waals surface area contributed by atoms with Crippen LogP contribution in [0, 0.1) is 20.8 Å². The molecule has 1 spiro atoms. The molecule has 2 unspecified atom stereocenters. The number of likely N-dealkylation sites (tertiary alicyclic amines) is 1. The maximum absolute atomic E-state index is 10.6. The average molecular weight is 457 g/mol. The minimum Gasteiger partial charge on any atom is -0.475 e. The van der Waals surface area contributed by atoms with E-state index in [9.17, 15) is 13.2 Å². The highest BCUT2D eigenvalue weighted by molar-refractivity contribution is 5.73. The topological polar surface area (TPSA) is 114 Å². The van der Waals surface area contributed by atoms with E-state index in [0.717, 1.165) is 55.4 Å². The lowest BCUT2D eigenvalue weighted by atomic mass is 9.97. The molecule has 2 aliphatic heterocycles. The van der Waals surface area contributed by atoms with Crippen LogP contribution >= 0.6 is 0 Å². The van der Waals surface area contributed by atoms with E-state index in [1.54, 1.807) is 0 Å². The van der Waals surface area contributed by atoms with Crippen molar-refractivity contribution in [2.24, 2.45) is 0 Å². The summed E-state index contributed by atoms with van der Waals surface area (Å²) in [5.74, 6) is -1.02. The number of hydrogen-bond acceptors (Lipinski definition) is 8. The van der Waals surface area contributed by atoms with E-state index >= 15 is 0 Å². The first-order chi connectivity index (χ1) is 15.0. The molecule has 0 aliphatic carbocycles. The Hall–Kier alpha value is -2.73. The van der Waals surface area contributed by atoms with E-state index in [-0.39, 0.29) is 11.6 Å². The van der Waals surface area contributed by atoms with Crippen molar-refractivity contribution in [3.05, 3.63) is 34.8 Å². The molecule has 0 radical (unpaired) electrons. The Labute approximate surface area is 182 Å². The zero-order valence-electron chi connectivity index (χ0n) is 18.1. The lowest BCUT2D eigenvalue weighted by molar-refractivity contribution is -0.192. The van der Waals surface area contributed by atoms with Gasteiger partial charge in [0, 0.05) is 31.6 Å². The predicted octanol–water partition coefficient (Wildman–Crippen LogP) is 2.87. The monoisotopic (exact) mass is 457 g/mol. The van der Waals surface area contributed by atoms with Crippen LogP contribution in [0.4, 0.5) is 19.0 Å². The number of halogens is 3. The Bertz CT molecular complexity index is 915. The quantitative estimate of drug-likeness (QED) is 0.715. The van der Waals surface area contributed by atoms with Gasteiger partial charge in [-0.2, -0.15) is 18.3 Å². The molecule has 0 aromatic carbocycles. The molecule has 2 aromatic rings. The second kappa shape index (κ2) is 9.41. The minimum absolute atomic E-state index is 0.0469. The molecule has 2 N–H and O–H groups in total. The Morgan fingerprint density at radius 2 is 2.03 bits per heavy atom. The number of alkyl halides is 3. The van der Waals surface area contributed by atoms with E-state index in [0.29, 0.717) is 6.61 Å². The van der Waals surface area contributed by atoms with Crippen molar-refractivity contribution in [3.8, 4) is 0 Å². The molecule has 176 valence electrons. The molecule has 4 heterocycles. The van der Waals surface area contributed by atoms with Gasteiger partial charge in [-0.3, -0.25) is 4.90 Å². The molecule has 2 aliphatic rings. The van der Waals surface area contributed by atoms with Crippen LogP contribution in [-0.2, 0) is 16.1 Å². The van der Waals surface area contributed by atoms with Crippen molar-refractivity contribution in [2.75, 3.05) is 25.0 Å². The molecule has 12 heteroatoms. The molecule has 2 atom stereocenters. The van der Waals surface area contributed by atoms with Crippen LogP contribution < -0.4 is 5.32 Å². The molecular formula is C20H26F3N5O4. The summed E-state index contributed by atoms with van der Waals surface area (Å²) in [6.07, 6.45) is -3.02. The Morgan fingerprint density at radius 1 is 1.31 bits per heavy atom. The van der Waals surface area contributed by atoms with Crippen molar-refractivity contribution < 1.29 is 32.3 Å². The van der Waals surface area contributed by atoms with Crippen LogP contribution in [0.2, 0.25) is 0 Å². The molecule has 0 saturated carbocycles. The van der Waals surface area contributed by atoms with Crippen LogP contribution in [-0.4, -0.2) is 68.8 Å². The molecule has 9 nitrogen and oxygen atoms in total. The number of carboxylic acid groups (broad SMARTS) is 1. The molecule has 2 fully saturated rings. The van der Waals surface area contributed by atoms with E-state index in [2.05, 4.69) is 25.6 Å². The maximum atomic E-state index is 10.6. The number of carbonyl (C=O) groups is 1. The minimum atomic E-state index is -5.08. The number of carboxylic acids is 1. The van der Waals surface area contributed by atoms with E-state index in [4.69, 9.17) is 19.2 Å². The van der Waals surface area contributed by atoms with Gasteiger partial charge < -0.3 is 19.7 Å². The number of aliphatic carboxylic acids is 1. The third-order valence-electron chi connectivity index (χ3n) is 5.56. The molecular weight excluding hydrogens is 431 g/mol. The van der Waals surface area contributed by atoms with Crippen LogP contribution in [0.3, 0.4) is 0 Å². The number of aryl methyl sites for hydroxylation is 3. The van der Waals surface area contributed by atoms with Crippen LogP contribution in [0.15, 0.2) is 16.7 Å². The summed E-state index contributed by atoms with van der Waals surface area (Å²) in [7, 11) is 0. The summed E-state index contributed by atoms with van der Waals surface area (Å²) in [6.45, 7) is 9.52. The number of anilines is 1. The van der Waals surface area contributed by atoms with E-state index in [1.807, 2.05) is 32.9 Å². The van der Waals surface area contributed by atoms with Crippen molar-refractivity contribution in [2.45, 2.75) is 58.0 Å². The second-order valence-corrected chi connectivity index (χ2v) is 8.17. The van der Waals surface area contributed by atoms with E-state index in [1.165, 1.54) is 5.56 Å². The first-order valence-electron chi connectivity index (χ1n) is 10.1. The van der Waals surface area contributed by atoms with Gasteiger partial charge >= 0.3 is 12.1 Å². The van der Waals surface area contributed by atoms with Crippen LogP contribution in [0.1, 0.15) is 35.6 Å². The zero-order chi connectivity index (χ0) is 23.5. The van der Waals surface area contributed by atoms with Crippen molar-refractivity contribution >= 4 is 11.8 Å². The number of nitrogens with zero attached hydrogens (tertiary/aromatic N) is 4. The maximum Gasteiger partial charge on any atom is 0.490 e. The standard InChI is InChI=1S/C18H25N5O2.C2HF3O2/c1-12-4-5-17(21-20-12)19-15-8-18(24-10-15)6-7-23(11-18)9-16-13(2)22-25-14(16)3;3-2(4,5)1(6)7/h4-5,15H,6-11H2,1-3H3,(H,19,21);(H,6,7). The summed E-state index contributed by atoms with van der Waals surface area (Å²) >= 11 is 0. The smallest absolute Gasteiger partial charge is 0.475 e. The van der Waals surface area contributed by atoms with Gasteiger partial charge in [-0.15, -0.1) is 5.10 Å². The summed E-state index contributed by atoms with van der Waals surface area (Å²) in [6, 6.07) is 4.24. The van der Waals surface area contributed by atoms with Crippen molar-refractivity contribution in [1.29, 1.82) is 0 Å². The number of hydrogen-bond donors (Lipinski definition) is 2. The predicted molar refractivity (Wildman–Crippen MR) is 107 cm³/mol. The third-order valence-corrected chi connectivity index (χ3v) is 5.56. The summed E-state index contributed by atoms with van der Waals surface area (Å²) in [5.41, 5.74) is 3.08. The van der Waals surface area contributed by atoms with Gasteiger partial charge in [0.05, 0.1) is 29.6 Å². The highest BCUT2D eigenvalue weighted by atomic mass is 19.4. The van der Waals surface area contributed by atoms with Gasteiger partial charge in [0.1, 0.15) is 11.6 Å². The first kappa shape index (κ1) is 23.9. The summed E-state index contributed by atoms with van der Waals surface area (Å²) in [4.78, 5) is 11.3. The molecule has 2 saturated heterocycles. The molecule has 2 aromatic heterocycles. The lowest BCUT2D eigenvalue weighted by Crippen LogP contribution is -2.33. The number of ether oxygens (including phenoxy) is 1. The second-order valence-electron chi connectivity index (χ2n) is 8.17. The SMILES string of the molecule is Cc1ccc(NC2COC3(CCN(Cc4c(C)noc4C)C3)C2)nn1.O=C(O)C(F)(F)F.